The highest BCUT2D eigenvalue weighted by Crippen LogP contribution is 2.21. The molecule has 2 nitrogen and oxygen atoms in total. The molecule has 1 heterocycles. The summed E-state index contributed by atoms with van der Waals surface area (Å²) in [6.07, 6.45) is 0.922. The zero-order valence-corrected chi connectivity index (χ0v) is 10.8. The molecule has 1 atom stereocenters. The van der Waals surface area contributed by atoms with Crippen LogP contribution in [0.25, 0.3) is 0 Å². The van der Waals surface area contributed by atoms with Gasteiger partial charge in [-0.3, -0.25) is 4.98 Å². The van der Waals surface area contributed by atoms with Crippen molar-refractivity contribution in [1.82, 2.24) is 4.98 Å². The van der Waals surface area contributed by atoms with E-state index in [4.69, 9.17) is 0 Å². The van der Waals surface area contributed by atoms with Gasteiger partial charge in [-0.2, -0.15) is 0 Å². The van der Waals surface area contributed by atoms with Crippen LogP contribution in [0.15, 0.2) is 30.5 Å². The van der Waals surface area contributed by atoms with Gasteiger partial charge in [0.2, 0.25) is 0 Å². The van der Waals surface area contributed by atoms with Crippen LogP contribution >= 0.6 is 0 Å². The molecule has 2 rings (SSSR count). The smallest absolute Gasteiger partial charge is 0.126 e. The van der Waals surface area contributed by atoms with Crippen molar-refractivity contribution >= 4 is 0 Å². The first kappa shape index (κ1) is 13.6. The van der Waals surface area contributed by atoms with Crippen molar-refractivity contribution in [2.45, 2.75) is 26.4 Å². The Hall–Kier alpha value is -1.81. The summed E-state index contributed by atoms with van der Waals surface area (Å²) < 4.78 is 26.2. The van der Waals surface area contributed by atoms with Crippen LogP contribution in [-0.2, 0) is 6.42 Å². The predicted molar refractivity (Wildman–Crippen MR) is 68.7 cm³/mol. The highest BCUT2D eigenvalue weighted by molar-refractivity contribution is 5.27. The summed E-state index contributed by atoms with van der Waals surface area (Å²) in [6.45, 7) is 3.77. The molecule has 0 saturated carbocycles. The van der Waals surface area contributed by atoms with E-state index in [1.807, 2.05) is 19.9 Å². The Morgan fingerprint density at radius 1 is 1.11 bits per heavy atom. The Morgan fingerprint density at radius 3 is 2.32 bits per heavy atom. The lowest BCUT2D eigenvalue weighted by atomic mass is 10.0. The van der Waals surface area contributed by atoms with Gasteiger partial charge >= 0.3 is 0 Å². The van der Waals surface area contributed by atoms with E-state index in [1.54, 1.807) is 6.20 Å². The van der Waals surface area contributed by atoms with Crippen molar-refractivity contribution in [2.75, 3.05) is 0 Å². The zero-order valence-electron chi connectivity index (χ0n) is 10.8. The van der Waals surface area contributed by atoms with Gasteiger partial charge in [-0.25, -0.2) is 8.78 Å². The minimum atomic E-state index is -0.873. The van der Waals surface area contributed by atoms with Crippen LogP contribution in [0.5, 0.6) is 0 Å². The molecule has 0 bridgehead atoms. The van der Waals surface area contributed by atoms with E-state index in [0.717, 1.165) is 17.2 Å². The fourth-order valence-electron chi connectivity index (χ4n) is 2.12. The number of aryl methyl sites for hydroxylation is 2. The van der Waals surface area contributed by atoms with Crippen LogP contribution in [0.4, 0.5) is 8.78 Å². The second-order valence-electron chi connectivity index (χ2n) is 4.71. The molecule has 0 spiro atoms. The van der Waals surface area contributed by atoms with E-state index < -0.39 is 17.7 Å². The lowest BCUT2D eigenvalue weighted by molar-refractivity contribution is 0.172. The first-order valence-corrected chi connectivity index (χ1v) is 6.02. The largest absolute Gasteiger partial charge is 0.386 e. The maximum absolute atomic E-state index is 13.1. The van der Waals surface area contributed by atoms with E-state index in [0.29, 0.717) is 11.3 Å². The Labute approximate surface area is 110 Å². The molecule has 1 unspecified atom stereocenters. The molecule has 0 fully saturated rings. The Bertz CT molecular complexity index is 578. The number of rotatable bonds is 3. The number of pyridine rings is 1. The monoisotopic (exact) mass is 263 g/mol. The summed E-state index contributed by atoms with van der Waals surface area (Å²) in [5.41, 5.74) is 2.82. The summed E-state index contributed by atoms with van der Waals surface area (Å²) >= 11 is 0. The van der Waals surface area contributed by atoms with Gasteiger partial charge in [-0.1, -0.05) is 6.07 Å². The molecule has 1 N–H and O–H groups in total. The molecule has 1 aromatic carbocycles. The summed E-state index contributed by atoms with van der Waals surface area (Å²) in [7, 11) is 0. The molecule has 0 aliphatic rings. The van der Waals surface area contributed by atoms with E-state index in [9.17, 15) is 13.9 Å². The summed E-state index contributed by atoms with van der Waals surface area (Å²) in [6, 6.07) is 5.16. The van der Waals surface area contributed by atoms with Crippen LogP contribution in [0.3, 0.4) is 0 Å². The molecule has 4 heteroatoms. The Kier molecular flexibility index (Phi) is 3.90. The average Bonchev–Trinajstić information content (AvgIpc) is 2.26. The number of hydrogen-bond acceptors (Lipinski definition) is 2. The second kappa shape index (κ2) is 5.45. The predicted octanol–water partition coefficient (Wildman–Crippen LogP) is 3.25. The number of nitrogens with zero attached hydrogens (tertiary/aromatic N) is 1. The van der Waals surface area contributed by atoms with Crippen molar-refractivity contribution in [1.29, 1.82) is 0 Å². The molecular weight excluding hydrogens is 248 g/mol. The minimum Gasteiger partial charge on any atom is -0.386 e. The quantitative estimate of drug-likeness (QED) is 0.922. The normalized spacial score (nSPS) is 12.5. The van der Waals surface area contributed by atoms with Crippen molar-refractivity contribution in [3.05, 3.63) is 64.5 Å². The Balaban J connectivity index is 2.22. The van der Waals surface area contributed by atoms with Crippen molar-refractivity contribution in [3.8, 4) is 0 Å². The molecule has 0 amide bonds. The first-order chi connectivity index (χ1) is 8.95. The third-order valence-corrected chi connectivity index (χ3v) is 2.92. The van der Waals surface area contributed by atoms with E-state index in [2.05, 4.69) is 4.98 Å². The average molecular weight is 263 g/mol. The molecular formula is C15H15F2NO. The lowest BCUT2D eigenvalue weighted by Gasteiger charge is -2.13. The topological polar surface area (TPSA) is 33.1 Å². The van der Waals surface area contributed by atoms with E-state index in [-0.39, 0.29) is 6.42 Å². The summed E-state index contributed by atoms with van der Waals surface area (Å²) in [5, 5.41) is 10.1. The molecule has 0 aliphatic heterocycles. The molecule has 1 aromatic heterocycles. The standard InChI is InChI=1S/C15H15F2NO/c1-9-3-10(2)15(18-8-9)14(19)6-11-4-12(16)7-13(17)5-11/h3-5,7-8,14,19H,6H2,1-2H3. The summed E-state index contributed by atoms with van der Waals surface area (Å²) in [4.78, 5) is 4.18. The van der Waals surface area contributed by atoms with Crippen LogP contribution in [0, 0.1) is 25.5 Å². The number of aliphatic hydroxyl groups is 1. The fourth-order valence-corrected chi connectivity index (χ4v) is 2.12. The van der Waals surface area contributed by atoms with Crippen LogP contribution in [0.2, 0.25) is 0 Å². The highest BCUT2D eigenvalue weighted by atomic mass is 19.1. The fraction of sp³-hybridized carbons (Fsp3) is 0.267. The van der Waals surface area contributed by atoms with Crippen molar-refractivity contribution in [2.24, 2.45) is 0 Å². The van der Waals surface area contributed by atoms with Gasteiger partial charge in [0.15, 0.2) is 0 Å². The maximum atomic E-state index is 13.1. The second-order valence-corrected chi connectivity index (χ2v) is 4.71. The Morgan fingerprint density at radius 2 is 1.74 bits per heavy atom. The number of halogens is 2. The molecule has 0 saturated heterocycles. The highest BCUT2D eigenvalue weighted by Gasteiger charge is 2.14. The third kappa shape index (κ3) is 3.35. The maximum Gasteiger partial charge on any atom is 0.126 e. The first-order valence-electron chi connectivity index (χ1n) is 6.02. The minimum absolute atomic E-state index is 0.131. The molecule has 19 heavy (non-hydrogen) atoms. The van der Waals surface area contributed by atoms with Gasteiger partial charge in [-0.05, 0) is 42.7 Å². The number of benzene rings is 1. The van der Waals surface area contributed by atoms with E-state index in [1.165, 1.54) is 12.1 Å². The number of aromatic nitrogens is 1. The van der Waals surface area contributed by atoms with Crippen LogP contribution < -0.4 is 0 Å². The SMILES string of the molecule is Cc1cnc(C(O)Cc2cc(F)cc(F)c2)c(C)c1. The molecule has 100 valence electrons. The van der Waals surface area contributed by atoms with E-state index >= 15 is 0 Å². The number of aliphatic hydroxyl groups excluding tert-OH is 1. The lowest BCUT2D eigenvalue weighted by Crippen LogP contribution is -2.07. The van der Waals surface area contributed by atoms with Crippen LogP contribution in [-0.4, -0.2) is 10.1 Å². The summed E-state index contributed by atoms with van der Waals surface area (Å²) in [5.74, 6) is -1.29. The van der Waals surface area contributed by atoms with Crippen molar-refractivity contribution < 1.29 is 13.9 Å². The van der Waals surface area contributed by atoms with Crippen molar-refractivity contribution in [3.63, 3.8) is 0 Å². The van der Waals surface area contributed by atoms with Gasteiger partial charge in [-0.15, -0.1) is 0 Å². The van der Waals surface area contributed by atoms with Gasteiger partial charge in [0.25, 0.3) is 0 Å². The molecule has 0 aliphatic carbocycles. The third-order valence-electron chi connectivity index (χ3n) is 2.92. The van der Waals surface area contributed by atoms with Gasteiger partial charge in [0, 0.05) is 18.7 Å². The number of hydrogen-bond donors (Lipinski definition) is 1. The molecule has 0 radical (unpaired) electrons. The van der Waals surface area contributed by atoms with Gasteiger partial charge < -0.3 is 5.11 Å². The van der Waals surface area contributed by atoms with Gasteiger partial charge in [0.1, 0.15) is 17.7 Å². The molecule has 2 aromatic rings. The van der Waals surface area contributed by atoms with Gasteiger partial charge in [0.05, 0.1) is 5.69 Å². The van der Waals surface area contributed by atoms with Crippen LogP contribution in [0.1, 0.15) is 28.5 Å². The zero-order chi connectivity index (χ0) is 14.0.